The topological polar surface area (TPSA) is 217 Å². The zero-order chi connectivity index (χ0) is 44.2. The molecule has 2 N–H and O–H groups in total. The zero-order valence-electron chi connectivity index (χ0n) is 35.3. The van der Waals surface area contributed by atoms with E-state index in [-0.39, 0.29) is 48.1 Å². The van der Waals surface area contributed by atoms with Crippen molar-refractivity contribution >= 4 is 39.3 Å². The fraction of sp³-hybridized carbons (Fsp3) is 0.465. The molecule has 63 heavy (non-hydrogen) atoms. The summed E-state index contributed by atoms with van der Waals surface area (Å²) in [6.45, 7) is 9.26. The van der Waals surface area contributed by atoms with Crippen molar-refractivity contribution in [3.8, 4) is 22.8 Å². The molecule has 0 saturated carbocycles. The molecule has 7 rings (SSSR count). The van der Waals surface area contributed by atoms with Crippen LogP contribution in [0.2, 0.25) is 0 Å². The summed E-state index contributed by atoms with van der Waals surface area (Å²) in [6, 6.07) is 14.8. The van der Waals surface area contributed by atoms with Crippen LogP contribution < -0.4 is 20.1 Å². The largest absolute Gasteiger partial charge is 0.494 e. The van der Waals surface area contributed by atoms with Gasteiger partial charge in [-0.3, -0.25) is 39.0 Å². The fourth-order valence-corrected chi connectivity index (χ4v) is 8.01. The fourth-order valence-electron chi connectivity index (χ4n) is 7.49. The standard InChI is InChI=1S/C43H53N9O10S/c1-63(57,58)43-46-34(30-37(47-43)44-14-3-17-51-18-4-15-45-51)31-8-10-32(11-9-31)61-24-5-16-49-19-21-50(22-20-49)23-25-59-26-27-60-28-29-62-36-7-2-6-33-39(36)42(56)52(41(33)55)35-12-13-38(53)48-40(35)54/h2,4,6-11,15,18,30,35H,3,5,12-14,16-17,19-29H2,1H3,(H,44,46,47)(H,48,53,54). The second-order valence-electron chi connectivity index (χ2n) is 15.4. The van der Waals surface area contributed by atoms with Crippen molar-refractivity contribution < 1.29 is 46.5 Å². The van der Waals surface area contributed by atoms with Crippen LogP contribution in [0, 0.1) is 0 Å². The van der Waals surface area contributed by atoms with Crippen molar-refractivity contribution in [2.24, 2.45) is 0 Å². The molecule has 20 heteroatoms. The molecule has 1 atom stereocenters. The van der Waals surface area contributed by atoms with Crippen LogP contribution in [0.3, 0.4) is 0 Å². The van der Waals surface area contributed by atoms with Gasteiger partial charge in [0.25, 0.3) is 11.8 Å². The van der Waals surface area contributed by atoms with Crippen LogP contribution in [0.1, 0.15) is 46.4 Å². The van der Waals surface area contributed by atoms with Crippen molar-refractivity contribution in [1.82, 2.24) is 39.8 Å². The van der Waals surface area contributed by atoms with Gasteiger partial charge in [-0.15, -0.1) is 0 Å². The van der Waals surface area contributed by atoms with Crippen LogP contribution in [-0.2, 0) is 35.4 Å². The highest BCUT2D eigenvalue weighted by Crippen LogP contribution is 2.33. The number of sulfone groups is 1. The lowest BCUT2D eigenvalue weighted by Crippen LogP contribution is -2.54. The average Bonchev–Trinajstić information content (AvgIpc) is 3.89. The Bertz CT molecular complexity index is 2320. The number of piperidine rings is 1. The number of carbonyl (C=O) groups excluding carboxylic acids is 4. The molecular formula is C43H53N9O10S. The number of amides is 4. The van der Waals surface area contributed by atoms with Crippen molar-refractivity contribution in [2.75, 3.05) is 97.0 Å². The Balaban J connectivity index is 0.728. The number of hydrogen-bond acceptors (Lipinski definition) is 16. The highest BCUT2D eigenvalue weighted by molar-refractivity contribution is 7.90. The molecule has 0 radical (unpaired) electrons. The highest BCUT2D eigenvalue weighted by Gasteiger charge is 2.46. The molecular weight excluding hydrogens is 835 g/mol. The van der Waals surface area contributed by atoms with E-state index in [1.165, 1.54) is 6.07 Å². The van der Waals surface area contributed by atoms with E-state index in [1.54, 1.807) is 24.4 Å². The van der Waals surface area contributed by atoms with Gasteiger partial charge in [-0.05, 0) is 61.7 Å². The van der Waals surface area contributed by atoms with Gasteiger partial charge < -0.3 is 29.2 Å². The first-order valence-corrected chi connectivity index (χ1v) is 23.0. The van der Waals surface area contributed by atoms with Gasteiger partial charge in [0.15, 0.2) is 0 Å². The summed E-state index contributed by atoms with van der Waals surface area (Å²) in [5, 5.41) is 9.38. The molecule has 1 unspecified atom stereocenters. The first-order valence-electron chi connectivity index (χ1n) is 21.1. The van der Waals surface area contributed by atoms with E-state index in [4.69, 9.17) is 18.9 Å². The normalized spacial score (nSPS) is 17.2. The van der Waals surface area contributed by atoms with Gasteiger partial charge in [-0.2, -0.15) is 5.10 Å². The number of ether oxygens (including phenoxy) is 4. The first-order chi connectivity index (χ1) is 30.5. The average molecular weight is 888 g/mol. The summed E-state index contributed by atoms with van der Waals surface area (Å²) in [5.74, 6) is -0.879. The molecule has 2 aromatic carbocycles. The maximum Gasteiger partial charge on any atom is 0.266 e. The van der Waals surface area contributed by atoms with Crippen LogP contribution in [-0.4, -0.2) is 164 Å². The summed E-state index contributed by atoms with van der Waals surface area (Å²) in [7, 11) is -3.63. The molecule has 3 aliphatic rings. The number of imide groups is 2. The zero-order valence-corrected chi connectivity index (χ0v) is 36.1. The molecule has 4 aromatic rings. The molecule has 0 spiro atoms. The minimum Gasteiger partial charge on any atom is -0.494 e. The lowest BCUT2D eigenvalue weighted by atomic mass is 10.0. The Kier molecular flexibility index (Phi) is 15.5. The molecule has 2 fully saturated rings. The summed E-state index contributed by atoms with van der Waals surface area (Å²) in [5.41, 5.74) is 1.53. The lowest BCUT2D eigenvalue weighted by Gasteiger charge is -2.34. The smallest absolute Gasteiger partial charge is 0.266 e. The van der Waals surface area contributed by atoms with E-state index >= 15 is 0 Å². The summed E-state index contributed by atoms with van der Waals surface area (Å²) < 4.78 is 49.8. The van der Waals surface area contributed by atoms with Gasteiger partial charge >= 0.3 is 0 Å². The van der Waals surface area contributed by atoms with Crippen molar-refractivity contribution in [3.05, 3.63) is 78.1 Å². The Hall–Kier alpha value is -5.80. The third kappa shape index (κ3) is 12.2. The lowest BCUT2D eigenvalue weighted by molar-refractivity contribution is -0.136. The van der Waals surface area contributed by atoms with Gasteiger partial charge in [0.1, 0.15) is 30.0 Å². The maximum absolute atomic E-state index is 13.2. The SMILES string of the molecule is CS(=O)(=O)c1nc(NCCCn2cccn2)cc(-c2ccc(OCCCN3CCN(CCOCCOCCOc4cccc5c4C(=O)N(C4CCC(=O)NC4=O)C5=O)CC3)cc2)n1. The van der Waals surface area contributed by atoms with Crippen molar-refractivity contribution in [1.29, 1.82) is 0 Å². The first kappa shape index (κ1) is 45.2. The van der Waals surface area contributed by atoms with Crippen LogP contribution in [0.5, 0.6) is 11.5 Å². The number of nitrogens with one attached hydrogen (secondary N) is 2. The molecule has 5 heterocycles. The molecule has 2 aromatic heterocycles. The number of anilines is 1. The number of rotatable bonds is 23. The number of fused-ring (bicyclic) bond motifs is 1. The quantitative estimate of drug-likeness (QED) is 0.0620. The second kappa shape index (κ2) is 21.5. The second-order valence-corrected chi connectivity index (χ2v) is 17.3. The Morgan fingerprint density at radius 1 is 0.794 bits per heavy atom. The molecule has 3 aliphatic heterocycles. The van der Waals surface area contributed by atoms with Crippen LogP contribution >= 0.6 is 0 Å². The maximum atomic E-state index is 13.2. The van der Waals surface area contributed by atoms with E-state index in [9.17, 15) is 27.6 Å². The van der Waals surface area contributed by atoms with E-state index in [0.717, 1.165) is 81.1 Å². The van der Waals surface area contributed by atoms with Crippen molar-refractivity contribution in [3.63, 3.8) is 0 Å². The van der Waals surface area contributed by atoms with E-state index in [2.05, 4.69) is 35.5 Å². The number of nitrogens with zero attached hydrogens (tertiary/aromatic N) is 7. The summed E-state index contributed by atoms with van der Waals surface area (Å²) in [4.78, 5) is 64.4. The summed E-state index contributed by atoms with van der Waals surface area (Å²) >= 11 is 0. The Labute approximate surface area is 365 Å². The van der Waals surface area contributed by atoms with Crippen LogP contribution in [0.4, 0.5) is 5.82 Å². The Morgan fingerprint density at radius 2 is 1.54 bits per heavy atom. The van der Waals surface area contributed by atoms with E-state index < -0.39 is 39.5 Å². The number of carbonyl (C=O) groups is 4. The van der Waals surface area contributed by atoms with Gasteiger partial charge in [-0.25, -0.2) is 18.4 Å². The molecule has 19 nitrogen and oxygen atoms in total. The minimum absolute atomic E-state index is 0.0501. The van der Waals surface area contributed by atoms with Gasteiger partial charge in [0.05, 0.1) is 49.9 Å². The predicted molar refractivity (Wildman–Crippen MR) is 229 cm³/mol. The van der Waals surface area contributed by atoms with Gasteiger partial charge in [0, 0.05) is 89.1 Å². The van der Waals surface area contributed by atoms with Gasteiger partial charge in [0.2, 0.25) is 26.8 Å². The number of benzene rings is 2. The van der Waals surface area contributed by atoms with E-state index in [1.807, 2.05) is 41.2 Å². The number of hydrogen-bond donors (Lipinski definition) is 2. The molecule has 0 bridgehead atoms. The number of aromatic nitrogens is 4. The third-order valence-corrected chi connectivity index (χ3v) is 11.7. The van der Waals surface area contributed by atoms with Crippen LogP contribution in [0.15, 0.2) is 72.1 Å². The highest BCUT2D eigenvalue weighted by atomic mass is 32.2. The number of piperazine rings is 1. The van der Waals surface area contributed by atoms with Crippen molar-refractivity contribution in [2.45, 2.75) is 43.4 Å². The van der Waals surface area contributed by atoms with E-state index in [0.29, 0.717) is 44.5 Å². The monoisotopic (exact) mass is 887 g/mol. The Morgan fingerprint density at radius 3 is 2.27 bits per heavy atom. The molecule has 4 amide bonds. The number of aryl methyl sites for hydroxylation is 1. The van der Waals surface area contributed by atoms with Gasteiger partial charge in [-0.1, -0.05) is 6.07 Å². The minimum atomic E-state index is -3.63. The van der Waals surface area contributed by atoms with Crippen LogP contribution in [0.25, 0.3) is 11.3 Å². The predicted octanol–water partition coefficient (Wildman–Crippen LogP) is 2.15. The molecule has 336 valence electrons. The molecule has 0 aliphatic carbocycles. The third-order valence-electron chi connectivity index (χ3n) is 10.8. The summed E-state index contributed by atoms with van der Waals surface area (Å²) in [6.07, 6.45) is 6.52. The molecule has 2 saturated heterocycles.